The number of aryl methyl sites for hydroxylation is 1. The molecule has 0 spiro atoms. The summed E-state index contributed by atoms with van der Waals surface area (Å²) in [4.78, 5) is 26.3. The van der Waals surface area contributed by atoms with Gasteiger partial charge in [-0.2, -0.15) is 0 Å². The van der Waals surface area contributed by atoms with Crippen molar-refractivity contribution < 1.29 is 14.1 Å². The highest BCUT2D eigenvalue weighted by Crippen LogP contribution is 2.14. The van der Waals surface area contributed by atoms with Crippen LogP contribution in [-0.4, -0.2) is 35.1 Å². The maximum Gasteiger partial charge on any atom is 0.322 e. The molecule has 0 aliphatic rings. The number of nitrogens with zero attached hydrogens (tertiary/aromatic N) is 2. The lowest BCUT2D eigenvalue weighted by atomic mass is 10.1. The molecular weight excluding hydrogens is 320 g/mol. The van der Waals surface area contributed by atoms with Crippen molar-refractivity contribution in [1.29, 1.82) is 0 Å². The number of urea groups is 1. The van der Waals surface area contributed by atoms with Gasteiger partial charge in [0.1, 0.15) is 12.8 Å². The lowest BCUT2D eigenvalue weighted by molar-refractivity contribution is -0.116. The third-order valence-corrected chi connectivity index (χ3v) is 3.69. The second-order valence-electron chi connectivity index (χ2n) is 6.28. The molecule has 0 atom stereocenters. The molecule has 0 unspecified atom stereocenters. The number of rotatable bonds is 7. The van der Waals surface area contributed by atoms with Crippen LogP contribution in [0.1, 0.15) is 25.8 Å². The Hall–Kier alpha value is -2.83. The molecule has 7 nitrogen and oxygen atoms in total. The number of carbonyl (C=O) groups excluding carboxylic acids is 2. The maximum atomic E-state index is 12.6. The molecule has 134 valence electrons. The fourth-order valence-electron chi connectivity index (χ4n) is 2.21. The van der Waals surface area contributed by atoms with Crippen molar-refractivity contribution in [3.8, 4) is 0 Å². The van der Waals surface area contributed by atoms with Crippen LogP contribution in [-0.2, 0) is 4.79 Å². The number of amides is 3. The number of para-hydroxylation sites is 1. The number of benzene rings is 1. The van der Waals surface area contributed by atoms with Gasteiger partial charge < -0.3 is 20.1 Å². The number of aromatic nitrogens is 1. The Balaban J connectivity index is 2.02. The molecule has 2 rings (SSSR count). The molecule has 0 radical (unpaired) electrons. The van der Waals surface area contributed by atoms with Crippen molar-refractivity contribution in [1.82, 2.24) is 10.1 Å². The highest BCUT2D eigenvalue weighted by Gasteiger charge is 2.18. The van der Waals surface area contributed by atoms with Crippen LogP contribution in [0.3, 0.4) is 0 Å². The summed E-state index contributed by atoms with van der Waals surface area (Å²) in [6, 6.07) is 8.77. The van der Waals surface area contributed by atoms with Crippen LogP contribution in [0, 0.1) is 12.8 Å². The van der Waals surface area contributed by atoms with Crippen molar-refractivity contribution in [2.45, 2.75) is 27.2 Å². The van der Waals surface area contributed by atoms with E-state index in [1.807, 2.05) is 31.2 Å². The van der Waals surface area contributed by atoms with Gasteiger partial charge in [0.15, 0.2) is 5.82 Å². The smallest absolute Gasteiger partial charge is 0.322 e. The normalized spacial score (nSPS) is 10.6. The van der Waals surface area contributed by atoms with E-state index >= 15 is 0 Å². The highest BCUT2D eigenvalue weighted by molar-refractivity contribution is 5.96. The van der Waals surface area contributed by atoms with E-state index < -0.39 is 0 Å². The van der Waals surface area contributed by atoms with E-state index in [2.05, 4.69) is 34.2 Å². The molecule has 2 N–H and O–H groups in total. The Morgan fingerprint density at radius 1 is 1.20 bits per heavy atom. The van der Waals surface area contributed by atoms with Crippen molar-refractivity contribution in [2.75, 3.05) is 23.7 Å². The summed E-state index contributed by atoms with van der Waals surface area (Å²) in [7, 11) is 0. The Morgan fingerprint density at radius 3 is 2.60 bits per heavy atom. The zero-order valence-electron chi connectivity index (χ0n) is 14.8. The average molecular weight is 344 g/mol. The molecule has 0 aliphatic carbocycles. The zero-order valence-corrected chi connectivity index (χ0v) is 14.8. The fraction of sp³-hybridized carbons (Fsp3) is 0.389. The fourth-order valence-corrected chi connectivity index (χ4v) is 2.21. The van der Waals surface area contributed by atoms with E-state index in [9.17, 15) is 9.59 Å². The topological polar surface area (TPSA) is 87.5 Å². The lowest BCUT2D eigenvalue weighted by Gasteiger charge is -2.23. The van der Waals surface area contributed by atoms with Gasteiger partial charge in [0.25, 0.3) is 0 Å². The van der Waals surface area contributed by atoms with Gasteiger partial charge in [-0.05, 0) is 30.9 Å². The Kier molecular flexibility index (Phi) is 6.56. The van der Waals surface area contributed by atoms with Crippen molar-refractivity contribution in [2.24, 2.45) is 5.92 Å². The van der Waals surface area contributed by atoms with Crippen molar-refractivity contribution in [3.05, 3.63) is 42.2 Å². The molecule has 0 bridgehead atoms. The van der Waals surface area contributed by atoms with Gasteiger partial charge in [-0.1, -0.05) is 37.2 Å². The molecule has 0 saturated heterocycles. The molecule has 25 heavy (non-hydrogen) atoms. The van der Waals surface area contributed by atoms with Gasteiger partial charge >= 0.3 is 6.03 Å². The molecular formula is C18H24N4O3. The summed E-state index contributed by atoms with van der Waals surface area (Å²) >= 11 is 0. The molecule has 1 heterocycles. The highest BCUT2D eigenvalue weighted by atomic mass is 16.5. The van der Waals surface area contributed by atoms with Crippen LogP contribution in [0.4, 0.5) is 16.3 Å². The van der Waals surface area contributed by atoms with Crippen LogP contribution in [0.5, 0.6) is 0 Å². The summed E-state index contributed by atoms with van der Waals surface area (Å²) in [6.07, 6.45) is 2.18. The minimum Gasteiger partial charge on any atom is -0.363 e. The first-order chi connectivity index (χ1) is 12.0. The number of hydrogen-bond acceptors (Lipinski definition) is 4. The van der Waals surface area contributed by atoms with Crippen molar-refractivity contribution >= 4 is 23.4 Å². The van der Waals surface area contributed by atoms with E-state index in [4.69, 9.17) is 0 Å². The third kappa shape index (κ3) is 5.95. The molecule has 1 aromatic heterocycles. The van der Waals surface area contributed by atoms with E-state index in [-0.39, 0.29) is 18.5 Å². The van der Waals surface area contributed by atoms with Crippen molar-refractivity contribution in [3.63, 3.8) is 0 Å². The zero-order chi connectivity index (χ0) is 18.2. The molecule has 0 fully saturated rings. The first-order valence-corrected chi connectivity index (χ1v) is 8.27. The monoisotopic (exact) mass is 344 g/mol. The van der Waals surface area contributed by atoms with Gasteiger partial charge in [-0.15, -0.1) is 0 Å². The number of nitrogens with one attached hydrogen (secondary N) is 2. The third-order valence-electron chi connectivity index (χ3n) is 3.69. The summed E-state index contributed by atoms with van der Waals surface area (Å²) < 4.78 is 4.68. The van der Waals surface area contributed by atoms with E-state index in [0.29, 0.717) is 18.3 Å². The summed E-state index contributed by atoms with van der Waals surface area (Å²) in [5.41, 5.74) is 1.70. The molecule has 2 aromatic rings. The average Bonchev–Trinajstić information content (AvgIpc) is 3.06. The number of anilines is 2. The predicted octanol–water partition coefficient (Wildman–Crippen LogP) is 3.50. The summed E-state index contributed by atoms with van der Waals surface area (Å²) in [6.45, 7) is 6.50. The maximum absolute atomic E-state index is 12.6. The Morgan fingerprint density at radius 2 is 1.96 bits per heavy atom. The Labute approximate surface area is 147 Å². The van der Waals surface area contributed by atoms with E-state index in [0.717, 1.165) is 17.7 Å². The van der Waals surface area contributed by atoms with Gasteiger partial charge in [0.2, 0.25) is 5.91 Å². The van der Waals surface area contributed by atoms with Crippen LogP contribution in [0.15, 0.2) is 41.1 Å². The van der Waals surface area contributed by atoms with Gasteiger partial charge in [0.05, 0.1) is 0 Å². The van der Waals surface area contributed by atoms with Crippen LogP contribution in [0.2, 0.25) is 0 Å². The number of carbonyl (C=O) groups is 2. The minimum atomic E-state index is -0.322. The lowest BCUT2D eigenvalue weighted by Crippen LogP contribution is -2.41. The quantitative estimate of drug-likeness (QED) is 0.805. The Bertz CT molecular complexity index is 698. The van der Waals surface area contributed by atoms with Crippen LogP contribution in [0.25, 0.3) is 0 Å². The summed E-state index contributed by atoms with van der Waals surface area (Å²) in [5.74, 6) is 0.429. The standard InChI is InChI=1S/C18H24N4O3/c1-13(2)8-10-22(12-17(23)20-16-9-11-25-21-16)18(24)19-15-7-5-4-6-14(15)3/h4-7,9,11,13H,8,10,12H2,1-3H3,(H,19,24)(H,20,21,23). The SMILES string of the molecule is Cc1ccccc1NC(=O)N(CCC(C)C)CC(=O)Nc1ccon1. The largest absolute Gasteiger partial charge is 0.363 e. The first-order valence-electron chi connectivity index (χ1n) is 8.27. The molecule has 0 aliphatic heterocycles. The first kappa shape index (κ1) is 18.5. The predicted molar refractivity (Wildman–Crippen MR) is 96.4 cm³/mol. The van der Waals surface area contributed by atoms with E-state index in [1.165, 1.54) is 11.2 Å². The summed E-state index contributed by atoms with van der Waals surface area (Å²) in [5, 5.41) is 9.11. The van der Waals surface area contributed by atoms with Gasteiger partial charge in [-0.25, -0.2) is 4.79 Å². The molecule has 7 heteroatoms. The van der Waals surface area contributed by atoms with Crippen LogP contribution >= 0.6 is 0 Å². The molecule has 3 amide bonds. The van der Waals surface area contributed by atoms with Gasteiger partial charge in [-0.3, -0.25) is 4.79 Å². The van der Waals surface area contributed by atoms with Gasteiger partial charge in [0, 0.05) is 18.3 Å². The minimum absolute atomic E-state index is 0.0582. The van der Waals surface area contributed by atoms with E-state index in [1.54, 1.807) is 6.07 Å². The molecule has 1 aromatic carbocycles. The van der Waals surface area contributed by atoms with Crippen LogP contribution < -0.4 is 10.6 Å². The molecule has 0 saturated carbocycles. The number of hydrogen-bond donors (Lipinski definition) is 2. The second kappa shape index (κ2) is 8.86. The second-order valence-corrected chi connectivity index (χ2v) is 6.28.